The van der Waals surface area contributed by atoms with E-state index in [1.54, 1.807) is 0 Å². The normalized spacial score (nSPS) is 18.5. The van der Waals surface area contributed by atoms with E-state index in [4.69, 9.17) is 5.11 Å². The van der Waals surface area contributed by atoms with E-state index in [9.17, 15) is 26.4 Å². The van der Waals surface area contributed by atoms with Crippen LogP contribution in [0.2, 0.25) is 0 Å². The van der Waals surface area contributed by atoms with Crippen LogP contribution in [0, 0.1) is 0 Å². The van der Waals surface area contributed by atoms with Crippen LogP contribution in [0.4, 0.5) is 13.2 Å². The highest BCUT2D eigenvalue weighted by Crippen LogP contribution is 2.27. The second kappa shape index (κ2) is 6.81. The number of alkyl halides is 3. The van der Waals surface area contributed by atoms with Gasteiger partial charge < -0.3 is 9.84 Å². The highest BCUT2D eigenvalue weighted by atomic mass is 32.2. The molecule has 0 atom stereocenters. The zero-order chi connectivity index (χ0) is 18.0. The number of aliphatic carboxylic acids is 1. The van der Waals surface area contributed by atoms with Gasteiger partial charge in [0, 0.05) is 19.2 Å². The predicted molar refractivity (Wildman–Crippen MR) is 76.8 cm³/mol. The minimum Gasteiger partial charge on any atom is -0.478 e. The maximum Gasteiger partial charge on any atom is 0.573 e. The summed E-state index contributed by atoms with van der Waals surface area (Å²) >= 11 is 0. The van der Waals surface area contributed by atoms with Crippen LogP contribution >= 0.6 is 0 Å². The van der Waals surface area contributed by atoms with E-state index in [0.717, 1.165) is 34.6 Å². The van der Waals surface area contributed by atoms with E-state index in [0.29, 0.717) is 18.4 Å². The molecule has 0 radical (unpaired) electrons. The summed E-state index contributed by atoms with van der Waals surface area (Å²) in [5.41, 5.74) is 0.467. The van der Waals surface area contributed by atoms with E-state index in [-0.39, 0.29) is 18.0 Å². The molecule has 1 N–H and O–H groups in total. The van der Waals surface area contributed by atoms with Gasteiger partial charge in [0.2, 0.25) is 10.0 Å². The van der Waals surface area contributed by atoms with Crippen LogP contribution in [0.3, 0.4) is 0 Å². The van der Waals surface area contributed by atoms with Crippen molar-refractivity contribution in [3.8, 4) is 5.75 Å². The third-order valence-electron chi connectivity index (χ3n) is 3.31. The zero-order valence-electron chi connectivity index (χ0n) is 12.3. The van der Waals surface area contributed by atoms with Crippen LogP contribution < -0.4 is 4.74 Å². The first-order chi connectivity index (χ1) is 11.1. The Morgan fingerprint density at radius 2 is 1.88 bits per heavy atom. The number of carbonyl (C=O) groups is 1. The van der Waals surface area contributed by atoms with Gasteiger partial charge in [0.25, 0.3) is 0 Å². The molecule has 1 aliphatic rings. The molecule has 1 aliphatic heterocycles. The van der Waals surface area contributed by atoms with Crippen molar-refractivity contribution in [3.63, 3.8) is 0 Å². The number of benzene rings is 1. The Morgan fingerprint density at radius 3 is 2.42 bits per heavy atom. The molecule has 1 aromatic rings. The van der Waals surface area contributed by atoms with Crippen molar-refractivity contribution < 1.29 is 36.2 Å². The number of halogens is 3. The van der Waals surface area contributed by atoms with Gasteiger partial charge in [0.1, 0.15) is 5.75 Å². The van der Waals surface area contributed by atoms with Crippen molar-refractivity contribution in [2.24, 2.45) is 0 Å². The summed E-state index contributed by atoms with van der Waals surface area (Å²) < 4.78 is 66.1. The first-order valence-corrected chi connectivity index (χ1v) is 8.30. The van der Waals surface area contributed by atoms with Crippen molar-refractivity contribution in [3.05, 3.63) is 35.9 Å². The van der Waals surface area contributed by atoms with Crippen molar-refractivity contribution in [2.75, 3.05) is 13.1 Å². The molecule has 24 heavy (non-hydrogen) atoms. The first kappa shape index (κ1) is 18.3. The van der Waals surface area contributed by atoms with Crippen molar-refractivity contribution in [1.82, 2.24) is 4.31 Å². The molecular formula is C14H14F3NO5S. The van der Waals surface area contributed by atoms with Crippen LogP contribution in [0.15, 0.2) is 40.8 Å². The molecule has 0 aromatic heterocycles. The monoisotopic (exact) mass is 365 g/mol. The van der Waals surface area contributed by atoms with Gasteiger partial charge in [-0.25, -0.2) is 13.2 Å². The number of piperidine rings is 1. The fourth-order valence-electron chi connectivity index (χ4n) is 2.33. The molecule has 1 fully saturated rings. The van der Waals surface area contributed by atoms with Crippen LogP contribution in [-0.4, -0.2) is 43.3 Å². The largest absolute Gasteiger partial charge is 0.573 e. The van der Waals surface area contributed by atoms with E-state index >= 15 is 0 Å². The topological polar surface area (TPSA) is 83.9 Å². The summed E-state index contributed by atoms with van der Waals surface area (Å²) in [6.45, 7) is 0.148. The lowest BCUT2D eigenvalue weighted by molar-refractivity contribution is -0.274. The SMILES string of the molecule is O=C(O)/C=C1\CCCN(S(=O)(=O)c2ccc(OC(F)(F)F)cc2)C1. The molecular weight excluding hydrogens is 351 g/mol. The van der Waals surface area contributed by atoms with E-state index in [2.05, 4.69) is 4.74 Å². The molecule has 0 unspecified atom stereocenters. The molecule has 2 rings (SSSR count). The maximum absolute atomic E-state index is 12.5. The molecule has 0 aliphatic carbocycles. The fraction of sp³-hybridized carbons (Fsp3) is 0.357. The molecule has 0 amide bonds. The lowest BCUT2D eigenvalue weighted by Crippen LogP contribution is -2.37. The third-order valence-corrected chi connectivity index (χ3v) is 5.17. The summed E-state index contributed by atoms with van der Waals surface area (Å²) in [6, 6.07) is 3.87. The Hall–Kier alpha value is -2.07. The number of hydrogen-bond acceptors (Lipinski definition) is 4. The van der Waals surface area contributed by atoms with E-state index in [1.807, 2.05) is 0 Å². The molecule has 0 bridgehead atoms. The molecule has 10 heteroatoms. The number of carboxylic acid groups (broad SMARTS) is 1. The van der Waals surface area contributed by atoms with Gasteiger partial charge in [-0.05, 0) is 42.7 Å². The minimum absolute atomic E-state index is 0.0601. The van der Waals surface area contributed by atoms with Crippen LogP contribution in [-0.2, 0) is 14.8 Å². The van der Waals surface area contributed by atoms with Crippen LogP contribution in [0.1, 0.15) is 12.8 Å². The number of rotatable bonds is 4. The maximum atomic E-state index is 12.5. The quantitative estimate of drug-likeness (QED) is 0.829. The molecule has 1 saturated heterocycles. The highest BCUT2D eigenvalue weighted by Gasteiger charge is 2.32. The van der Waals surface area contributed by atoms with Crippen molar-refractivity contribution in [2.45, 2.75) is 24.1 Å². The minimum atomic E-state index is -4.86. The second-order valence-corrected chi connectivity index (χ2v) is 7.04. The van der Waals surface area contributed by atoms with Gasteiger partial charge in [-0.1, -0.05) is 0 Å². The standard InChI is InChI=1S/C14H14F3NO5S/c15-14(16,17)23-11-3-5-12(6-4-11)24(21,22)18-7-1-2-10(9-18)8-13(19)20/h3-6,8H,1-2,7,9H2,(H,19,20)/b10-8+. The highest BCUT2D eigenvalue weighted by molar-refractivity contribution is 7.89. The smallest absolute Gasteiger partial charge is 0.478 e. The predicted octanol–water partition coefficient (Wildman–Crippen LogP) is 2.38. The molecule has 0 saturated carbocycles. The summed E-state index contributed by atoms with van der Waals surface area (Å²) in [7, 11) is -3.93. The second-order valence-electron chi connectivity index (χ2n) is 5.10. The van der Waals surface area contributed by atoms with Gasteiger partial charge in [0.05, 0.1) is 4.90 Å². The molecule has 1 aromatic carbocycles. The van der Waals surface area contributed by atoms with E-state index < -0.39 is 28.1 Å². The van der Waals surface area contributed by atoms with Crippen molar-refractivity contribution in [1.29, 1.82) is 0 Å². The summed E-state index contributed by atoms with van der Waals surface area (Å²) in [4.78, 5) is 10.5. The first-order valence-electron chi connectivity index (χ1n) is 6.86. The van der Waals surface area contributed by atoms with Gasteiger partial charge in [-0.2, -0.15) is 4.31 Å². The van der Waals surface area contributed by atoms with Gasteiger partial charge >= 0.3 is 12.3 Å². The van der Waals surface area contributed by atoms with E-state index in [1.165, 1.54) is 0 Å². The lowest BCUT2D eigenvalue weighted by Gasteiger charge is -2.27. The number of carboxylic acids is 1. The summed E-state index contributed by atoms with van der Waals surface area (Å²) in [5.74, 6) is -1.68. The molecule has 1 heterocycles. The summed E-state index contributed by atoms with van der Waals surface area (Å²) in [6.07, 6.45) is -2.93. The van der Waals surface area contributed by atoms with Gasteiger partial charge in [-0.3, -0.25) is 0 Å². The Morgan fingerprint density at radius 1 is 1.25 bits per heavy atom. The Balaban J connectivity index is 2.19. The Labute approximate surface area is 136 Å². The fourth-order valence-corrected chi connectivity index (χ4v) is 3.81. The average Bonchev–Trinajstić information content (AvgIpc) is 2.45. The summed E-state index contributed by atoms with van der Waals surface area (Å²) in [5, 5.41) is 8.75. The molecule has 0 spiro atoms. The number of hydrogen-bond donors (Lipinski definition) is 1. The Bertz CT molecular complexity index is 741. The van der Waals surface area contributed by atoms with Crippen LogP contribution in [0.25, 0.3) is 0 Å². The van der Waals surface area contributed by atoms with Crippen LogP contribution in [0.5, 0.6) is 5.75 Å². The number of ether oxygens (including phenoxy) is 1. The molecule has 6 nitrogen and oxygen atoms in total. The van der Waals surface area contributed by atoms with Gasteiger partial charge in [-0.15, -0.1) is 13.2 Å². The lowest BCUT2D eigenvalue weighted by atomic mass is 10.1. The third kappa shape index (κ3) is 4.71. The van der Waals surface area contributed by atoms with Gasteiger partial charge in [0.15, 0.2) is 0 Å². The molecule has 132 valence electrons. The number of sulfonamides is 1. The average molecular weight is 365 g/mol. The number of nitrogens with zero attached hydrogens (tertiary/aromatic N) is 1. The van der Waals surface area contributed by atoms with Crippen molar-refractivity contribution >= 4 is 16.0 Å². The zero-order valence-corrected chi connectivity index (χ0v) is 13.1. The Kier molecular flexibility index (Phi) is 5.19.